The number of aldehydes is 1. The van der Waals surface area contributed by atoms with Crippen molar-refractivity contribution < 1.29 is 28.7 Å². The smallest absolute Gasteiger partial charge is 0.329 e. The van der Waals surface area contributed by atoms with Gasteiger partial charge in [-0.25, -0.2) is 0 Å². The van der Waals surface area contributed by atoms with Gasteiger partial charge in [0, 0.05) is 17.4 Å². The van der Waals surface area contributed by atoms with Crippen LogP contribution in [0.4, 0.5) is 0 Å². The first kappa shape index (κ1) is 17.8. The molecule has 0 bridgehead atoms. The van der Waals surface area contributed by atoms with E-state index in [1.54, 1.807) is 12.1 Å². The Morgan fingerprint density at radius 1 is 1.23 bits per heavy atom. The van der Waals surface area contributed by atoms with Gasteiger partial charge >= 0.3 is 11.9 Å². The van der Waals surface area contributed by atoms with Gasteiger partial charge in [0.2, 0.25) is 11.3 Å². The maximum Gasteiger partial charge on any atom is 0.329 e. The molecule has 2 heterocycles. The van der Waals surface area contributed by atoms with Crippen molar-refractivity contribution in [1.29, 1.82) is 0 Å². The third-order valence-electron chi connectivity index (χ3n) is 5.03. The molecule has 1 aromatic carbocycles. The number of hydrogen-bond acceptors (Lipinski definition) is 6. The highest BCUT2D eigenvalue weighted by Gasteiger charge is 2.56. The van der Waals surface area contributed by atoms with Gasteiger partial charge < -0.3 is 9.47 Å². The fourth-order valence-corrected chi connectivity index (χ4v) is 3.74. The standard InChI is InChI=1S/C19H19NO6/c1-4-11-5-6-14-12(9-11)13(10-21)16-19(17(23)25-2,18(24)26-3)8-7-15(22)20(14)16/h5-6,9-10H,4,7-8H2,1-3H3. The Hall–Kier alpha value is -2.96. The number of rotatable bonds is 4. The topological polar surface area (TPSA) is 91.7 Å². The van der Waals surface area contributed by atoms with Gasteiger partial charge in [-0.2, -0.15) is 0 Å². The van der Waals surface area contributed by atoms with Crippen molar-refractivity contribution >= 4 is 35.0 Å². The highest BCUT2D eigenvalue weighted by Crippen LogP contribution is 2.42. The lowest BCUT2D eigenvalue weighted by molar-refractivity contribution is -0.163. The summed E-state index contributed by atoms with van der Waals surface area (Å²) in [5.74, 6) is -1.98. The van der Waals surface area contributed by atoms with Crippen molar-refractivity contribution in [2.75, 3.05) is 14.2 Å². The van der Waals surface area contributed by atoms with E-state index in [0.717, 1.165) is 26.2 Å². The van der Waals surface area contributed by atoms with E-state index >= 15 is 0 Å². The molecule has 0 unspecified atom stereocenters. The Balaban J connectivity index is 2.49. The van der Waals surface area contributed by atoms with Crippen molar-refractivity contribution in [1.82, 2.24) is 4.57 Å². The van der Waals surface area contributed by atoms with E-state index < -0.39 is 17.4 Å². The normalized spacial score (nSPS) is 15.4. The second-order valence-electron chi connectivity index (χ2n) is 6.20. The van der Waals surface area contributed by atoms with Crippen LogP contribution < -0.4 is 0 Å². The molecule has 0 aliphatic carbocycles. The molecule has 1 aromatic heterocycles. The van der Waals surface area contributed by atoms with Crippen molar-refractivity contribution in [3.63, 3.8) is 0 Å². The first-order chi connectivity index (χ1) is 12.5. The van der Waals surface area contributed by atoms with E-state index in [-0.39, 0.29) is 30.0 Å². The number of benzene rings is 1. The van der Waals surface area contributed by atoms with Crippen molar-refractivity contribution in [3.8, 4) is 0 Å². The molecule has 2 aromatic rings. The average Bonchev–Trinajstić information content (AvgIpc) is 3.01. The number of fused-ring (bicyclic) bond motifs is 3. The molecule has 7 nitrogen and oxygen atoms in total. The van der Waals surface area contributed by atoms with E-state index in [1.165, 1.54) is 4.57 Å². The summed E-state index contributed by atoms with van der Waals surface area (Å²) in [5, 5.41) is 0.529. The molecule has 0 N–H and O–H groups in total. The van der Waals surface area contributed by atoms with Gasteiger partial charge in [-0.3, -0.25) is 23.7 Å². The van der Waals surface area contributed by atoms with Crippen LogP contribution in [0.25, 0.3) is 10.9 Å². The molecule has 1 aliphatic heterocycles. The van der Waals surface area contributed by atoms with Crippen LogP contribution in [0.5, 0.6) is 0 Å². The quantitative estimate of drug-likeness (QED) is 0.472. The molecule has 26 heavy (non-hydrogen) atoms. The lowest BCUT2D eigenvalue weighted by Gasteiger charge is -2.33. The Morgan fingerprint density at radius 3 is 2.42 bits per heavy atom. The predicted octanol–water partition coefficient (Wildman–Crippen LogP) is 2.03. The van der Waals surface area contributed by atoms with Gasteiger partial charge in [0.05, 0.1) is 25.4 Å². The van der Waals surface area contributed by atoms with Crippen LogP contribution in [-0.2, 0) is 30.9 Å². The minimum absolute atomic E-state index is 0.0331. The number of carbonyl (C=O) groups excluding carboxylic acids is 4. The van der Waals surface area contributed by atoms with E-state index in [9.17, 15) is 19.2 Å². The SMILES string of the molecule is CCc1ccc2c(c1)c(C=O)c1n2C(=O)CCC1(C(=O)OC)C(=O)OC. The summed E-state index contributed by atoms with van der Waals surface area (Å²) in [5.41, 5.74) is -0.220. The molecule has 3 rings (SSSR count). The third kappa shape index (κ3) is 2.20. The first-order valence-electron chi connectivity index (χ1n) is 8.29. The van der Waals surface area contributed by atoms with E-state index in [2.05, 4.69) is 0 Å². The largest absolute Gasteiger partial charge is 0.468 e. The van der Waals surface area contributed by atoms with Gasteiger partial charge in [0.15, 0.2) is 6.29 Å². The lowest BCUT2D eigenvalue weighted by Crippen LogP contribution is -2.51. The Bertz CT molecular complexity index is 923. The predicted molar refractivity (Wildman–Crippen MR) is 92.3 cm³/mol. The first-order valence-corrected chi connectivity index (χ1v) is 8.29. The average molecular weight is 357 g/mol. The third-order valence-corrected chi connectivity index (χ3v) is 5.03. The fraction of sp³-hybridized carbons (Fsp3) is 0.368. The summed E-state index contributed by atoms with van der Waals surface area (Å²) in [4.78, 5) is 49.9. The molecule has 0 radical (unpaired) electrons. The maximum atomic E-state index is 12.7. The number of aromatic nitrogens is 1. The molecular weight excluding hydrogens is 338 g/mol. The number of ether oxygens (including phenoxy) is 2. The second kappa shape index (κ2) is 6.40. The molecule has 7 heteroatoms. The number of nitrogens with zero attached hydrogens (tertiary/aromatic N) is 1. The molecular formula is C19H19NO6. The summed E-state index contributed by atoms with van der Waals surface area (Å²) in [6.07, 6.45) is 1.16. The second-order valence-corrected chi connectivity index (χ2v) is 6.20. The molecule has 0 spiro atoms. The summed E-state index contributed by atoms with van der Waals surface area (Å²) in [6.45, 7) is 1.97. The van der Waals surface area contributed by atoms with Crippen LogP contribution in [-0.4, -0.2) is 42.9 Å². The molecule has 136 valence electrons. The van der Waals surface area contributed by atoms with Crippen molar-refractivity contribution in [2.24, 2.45) is 0 Å². The van der Waals surface area contributed by atoms with Gasteiger partial charge in [-0.1, -0.05) is 13.0 Å². The van der Waals surface area contributed by atoms with E-state index in [4.69, 9.17) is 9.47 Å². The molecule has 1 aliphatic rings. The Morgan fingerprint density at radius 2 is 1.88 bits per heavy atom. The summed E-state index contributed by atoms with van der Waals surface area (Å²) in [6, 6.07) is 5.38. The van der Waals surface area contributed by atoms with Crippen LogP contribution in [0.15, 0.2) is 18.2 Å². The van der Waals surface area contributed by atoms with Crippen molar-refractivity contribution in [3.05, 3.63) is 35.0 Å². The minimum Gasteiger partial charge on any atom is -0.468 e. The van der Waals surface area contributed by atoms with Gasteiger partial charge in [-0.05, 0) is 30.5 Å². The zero-order valence-electron chi connectivity index (χ0n) is 14.8. The highest BCUT2D eigenvalue weighted by molar-refractivity contribution is 6.14. The molecule has 0 fully saturated rings. The fourth-order valence-electron chi connectivity index (χ4n) is 3.74. The van der Waals surface area contributed by atoms with Gasteiger partial charge in [0.1, 0.15) is 0 Å². The molecule has 0 saturated heterocycles. The Labute approximate surface area is 149 Å². The molecule has 0 amide bonds. The number of carbonyl (C=O) groups is 4. The van der Waals surface area contributed by atoms with Crippen molar-refractivity contribution in [2.45, 2.75) is 31.6 Å². The van der Waals surface area contributed by atoms with Crippen LogP contribution in [0, 0.1) is 0 Å². The van der Waals surface area contributed by atoms with Crippen LogP contribution >= 0.6 is 0 Å². The molecule has 0 saturated carbocycles. The molecule has 0 atom stereocenters. The summed E-state index contributed by atoms with van der Waals surface area (Å²) >= 11 is 0. The van der Waals surface area contributed by atoms with Gasteiger partial charge in [0.25, 0.3) is 0 Å². The Kier molecular flexibility index (Phi) is 4.39. The van der Waals surface area contributed by atoms with E-state index in [0.29, 0.717) is 17.2 Å². The number of esters is 2. The van der Waals surface area contributed by atoms with Crippen LogP contribution in [0.3, 0.4) is 0 Å². The summed E-state index contributed by atoms with van der Waals surface area (Å²) < 4.78 is 11.0. The highest BCUT2D eigenvalue weighted by atomic mass is 16.5. The zero-order chi connectivity index (χ0) is 19.1. The van der Waals surface area contributed by atoms with E-state index in [1.807, 2.05) is 13.0 Å². The maximum absolute atomic E-state index is 12.7. The van der Waals surface area contributed by atoms with Gasteiger partial charge in [-0.15, -0.1) is 0 Å². The number of aryl methyl sites for hydroxylation is 1. The van der Waals surface area contributed by atoms with Crippen LogP contribution in [0.2, 0.25) is 0 Å². The van der Waals surface area contributed by atoms with Crippen LogP contribution in [0.1, 0.15) is 46.2 Å². The lowest BCUT2D eigenvalue weighted by atomic mass is 9.76. The number of hydrogen-bond donors (Lipinski definition) is 0. The number of methoxy groups -OCH3 is 2. The summed E-state index contributed by atoms with van der Waals surface area (Å²) in [7, 11) is 2.32. The monoisotopic (exact) mass is 357 g/mol. The zero-order valence-corrected chi connectivity index (χ0v) is 14.8. The minimum atomic E-state index is -1.85.